The second-order valence-electron chi connectivity index (χ2n) is 1.65. The highest BCUT2D eigenvalue weighted by Gasteiger charge is 2.04. The van der Waals surface area contributed by atoms with Crippen LogP contribution in [-0.4, -0.2) is 16.1 Å². The van der Waals surface area contributed by atoms with Crippen molar-refractivity contribution in [2.24, 2.45) is 0 Å². The zero-order valence-corrected chi connectivity index (χ0v) is 5.85. The molecule has 0 bridgehead atoms. The summed E-state index contributed by atoms with van der Waals surface area (Å²) in [6.07, 6.45) is 0. The number of aromatic amines is 1. The van der Waals surface area contributed by atoms with Crippen molar-refractivity contribution in [1.29, 1.82) is 0 Å². The Hall–Kier alpha value is -1.17. The van der Waals surface area contributed by atoms with E-state index in [4.69, 9.17) is 5.73 Å². The fraction of sp³-hybridized carbons (Fsp3) is 0. The Morgan fingerprint density at radius 2 is 2.60 bits per heavy atom. The molecule has 0 aliphatic rings. The number of aromatic nitrogens is 2. The third kappa shape index (κ3) is 1.21. The minimum Gasteiger partial charge on any atom is -0.382 e. The molecule has 0 unspecified atom stereocenters. The first-order chi connectivity index (χ1) is 4.74. The molecule has 10 heavy (non-hydrogen) atoms. The SMILES string of the molecule is Nc1cc(C(=O)NS)[nH]n1. The summed E-state index contributed by atoms with van der Waals surface area (Å²) in [5, 5.41) is 5.96. The zero-order valence-electron chi connectivity index (χ0n) is 4.96. The van der Waals surface area contributed by atoms with Crippen molar-refractivity contribution in [3.63, 3.8) is 0 Å². The predicted molar refractivity (Wildman–Crippen MR) is 39.5 cm³/mol. The van der Waals surface area contributed by atoms with E-state index in [2.05, 4.69) is 27.7 Å². The lowest BCUT2D eigenvalue weighted by Crippen LogP contribution is -2.12. The molecule has 6 heteroatoms. The first-order valence-electron chi connectivity index (χ1n) is 2.49. The number of anilines is 1. The van der Waals surface area contributed by atoms with Crippen LogP contribution >= 0.6 is 12.8 Å². The van der Waals surface area contributed by atoms with Crippen LogP contribution in [0.25, 0.3) is 0 Å². The first kappa shape index (κ1) is 6.94. The van der Waals surface area contributed by atoms with E-state index in [0.717, 1.165) is 0 Å². The van der Waals surface area contributed by atoms with E-state index in [9.17, 15) is 4.79 Å². The number of nitrogens with zero attached hydrogens (tertiary/aromatic N) is 1. The molecule has 0 aliphatic heterocycles. The minimum atomic E-state index is -0.354. The molecule has 5 nitrogen and oxygen atoms in total. The maximum atomic E-state index is 10.7. The van der Waals surface area contributed by atoms with E-state index in [1.165, 1.54) is 6.07 Å². The predicted octanol–water partition coefficient (Wildman–Crippen LogP) is -0.434. The van der Waals surface area contributed by atoms with Gasteiger partial charge in [-0.1, -0.05) is 12.8 Å². The summed E-state index contributed by atoms with van der Waals surface area (Å²) in [5.74, 6) is -0.0699. The summed E-state index contributed by atoms with van der Waals surface area (Å²) >= 11 is 3.55. The topological polar surface area (TPSA) is 83.8 Å². The van der Waals surface area contributed by atoms with Crippen molar-refractivity contribution < 1.29 is 4.79 Å². The van der Waals surface area contributed by atoms with Gasteiger partial charge in [0.25, 0.3) is 5.91 Å². The van der Waals surface area contributed by atoms with Gasteiger partial charge in [0.15, 0.2) is 0 Å². The fourth-order valence-corrected chi connectivity index (χ4v) is 0.634. The van der Waals surface area contributed by atoms with Gasteiger partial charge in [0, 0.05) is 6.07 Å². The summed E-state index contributed by atoms with van der Waals surface area (Å²) in [4.78, 5) is 10.7. The molecule has 0 fully saturated rings. The lowest BCUT2D eigenvalue weighted by Gasteiger charge is -1.89. The van der Waals surface area contributed by atoms with E-state index < -0.39 is 0 Å². The molecular weight excluding hydrogens is 152 g/mol. The number of carbonyl (C=O) groups is 1. The number of nitrogens with one attached hydrogen (secondary N) is 2. The molecule has 0 radical (unpaired) electrons. The van der Waals surface area contributed by atoms with Gasteiger partial charge < -0.3 is 5.73 Å². The van der Waals surface area contributed by atoms with Gasteiger partial charge in [-0.2, -0.15) is 5.10 Å². The molecule has 1 heterocycles. The van der Waals surface area contributed by atoms with Gasteiger partial charge in [0.2, 0.25) is 0 Å². The quantitative estimate of drug-likeness (QED) is 0.418. The van der Waals surface area contributed by atoms with Crippen LogP contribution in [0.2, 0.25) is 0 Å². The number of H-pyrrole nitrogens is 1. The van der Waals surface area contributed by atoms with Gasteiger partial charge in [0.05, 0.1) is 0 Å². The second kappa shape index (κ2) is 2.61. The number of hydrogen-bond donors (Lipinski definition) is 4. The molecule has 1 rings (SSSR count). The molecule has 0 saturated heterocycles. The Bertz CT molecular complexity index is 245. The fourth-order valence-electron chi connectivity index (χ4n) is 0.514. The molecule has 0 saturated carbocycles. The highest BCUT2D eigenvalue weighted by atomic mass is 32.1. The number of rotatable bonds is 1. The van der Waals surface area contributed by atoms with E-state index in [0.29, 0.717) is 5.69 Å². The molecular formula is C4H6N4OS. The van der Waals surface area contributed by atoms with Crippen molar-refractivity contribution in [2.45, 2.75) is 0 Å². The monoisotopic (exact) mass is 158 g/mol. The van der Waals surface area contributed by atoms with Gasteiger partial charge in [-0.3, -0.25) is 14.6 Å². The summed E-state index contributed by atoms with van der Waals surface area (Å²) in [5.41, 5.74) is 5.52. The van der Waals surface area contributed by atoms with Gasteiger partial charge in [-0.15, -0.1) is 0 Å². The maximum absolute atomic E-state index is 10.7. The lowest BCUT2D eigenvalue weighted by atomic mass is 10.4. The molecule has 1 aromatic heterocycles. The number of carbonyl (C=O) groups excluding carboxylic acids is 1. The Balaban J connectivity index is 2.85. The van der Waals surface area contributed by atoms with Gasteiger partial charge in [0.1, 0.15) is 11.5 Å². The van der Waals surface area contributed by atoms with Crippen molar-refractivity contribution in [1.82, 2.24) is 14.9 Å². The van der Waals surface area contributed by atoms with Crippen molar-refractivity contribution in [2.75, 3.05) is 5.73 Å². The first-order valence-corrected chi connectivity index (χ1v) is 2.94. The zero-order chi connectivity index (χ0) is 7.56. The standard InChI is InChI=1S/C4H6N4OS/c5-3-1-2(6-7-3)4(9)8-10/h1,10H,(H,8,9)(H3,5,6,7). The van der Waals surface area contributed by atoms with Gasteiger partial charge in [-0.25, -0.2) is 0 Å². The van der Waals surface area contributed by atoms with E-state index >= 15 is 0 Å². The Morgan fingerprint density at radius 3 is 3.00 bits per heavy atom. The summed E-state index contributed by atoms with van der Waals surface area (Å²) in [7, 11) is 0. The van der Waals surface area contributed by atoms with Crippen LogP contribution in [0.15, 0.2) is 6.07 Å². The van der Waals surface area contributed by atoms with Crippen LogP contribution in [0.5, 0.6) is 0 Å². The Morgan fingerprint density at radius 1 is 1.90 bits per heavy atom. The van der Waals surface area contributed by atoms with E-state index in [1.54, 1.807) is 0 Å². The average Bonchev–Trinajstić information content (AvgIpc) is 2.34. The molecule has 1 amide bonds. The third-order valence-electron chi connectivity index (χ3n) is 0.944. The van der Waals surface area contributed by atoms with Gasteiger partial charge >= 0.3 is 0 Å². The third-order valence-corrected chi connectivity index (χ3v) is 1.15. The van der Waals surface area contributed by atoms with Crippen LogP contribution < -0.4 is 10.5 Å². The lowest BCUT2D eigenvalue weighted by molar-refractivity contribution is 0.0980. The Labute approximate surface area is 62.5 Å². The second-order valence-corrected chi connectivity index (χ2v) is 1.87. The average molecular weight is 158 g/mol. The van der Waals surface area contributed by atoms with E-state index in [-0.39, 0.29) is 11.7 Å². The summed E-state index contributed by atoms with van der Waals surface area (Å²) in [6.45, 7) is 0. The number of nitrogens with two attached hydrogens (primary N) is 1. The minimum absolute atomic E-state index is 0.284. The molecule has 54 valence electrons. The van der Waals surface area contributed by atoms with Crippen LogP contribution in [0, 0.1) is 0 Å². The highest BCUT2D eigenvalue weighted by molar-refractivity contribution is 7.78. The Kier molecular flexibility index (Phi) is 1.81. The van der Waals surface area contributed by atoms with Crippen molar-refractivity contribution in [3.05, 3.63) is 11.8 Å². The van der Waals surface area contributed by atoms with E-state index in [1.807, 2.05) is 0 Å². The molecule has 1 aromatic rings. The van der Waals surface area contributed by atoms with Crippen LogP contribution in [0.4, 0.5) is 5.82 Å². The van der Waals surface area contributed by atoms with Crippen LogP contribution in [-0.2, 0) is 0 Å². The smallest absolute Gasteiger partial charge is 0.278 e. The molecule has 0 aliphatic carbocycles. The number of amides is 1. The molecule has 0 atom stereocenters. The summed E-state index contributed by atoms with van der Waals surface area (Å²) in [6, 6.07) is 1.42. The maximum Gasteiger partial charge on any atom is 0.278 e. The number of hydrogen-bond acceptors (Lipinski definition) is 4. The van der Waals surface area contributed by atoms with Crippen molar-refractivity contribution in [3.8, 4) is 0 Å². The van der Waals surface area contributed by atoms with Gasteiger partial charge in [-0.05, 0) is 0 Å². The molecule has 4 N–H and O–H groups in total. The largest absolute Gasteiger partial charge is 0.382 e. The van der Waals surface area contributed by atoms with Crippen molar-refractivity contribution >= 4 is 24.5 Å². The normalized spacial score (nSPS) is 9.30. The molecule has 0 spiro atoms. The number of thiol groups is 1. The summed E-state index contributed by atoms with van der Waals surface area (Å²) < 4.78 is 2.12. The number of nitrogen functional groups attached to an aromatic ring is 1. The van der Waals surface area contributed by atoms with Crippen LogP contribution in [0.3, 0.4) is 0 Å². The highest BCUT2D eigenvalue weighted by Crippen LogP contribution is 1.99. The van der Waals surface area contributed by atoms with Crippen LogP contribution in [0.1, 0.15) is 10.5 Å². The molecule has 0 aromatic carbocycles.